The van der Waals surface area contributed by atoms with Gasteiger partial charge in [-0.3, -0.25) is 4.79 Å². The molecule has 1 aliphatic heterocycles. The van der Waals surface area contributed by atoms with Crippen molar-refractivity contribution >= 4 is 22.4 Å². The lowest BCUT2D eigenvalue weighted by Crippen LogP contribution is -2.24. The maximum atomic E-state index is 13.1. The number of carbonyl (C=O) groups is 1. The maximum Gasteiger partial charge on any atom is 0.229 e. The van der Waals surface area contributed by atoms with Gasteiger partial charge in [-0.25, -0.2) is 9.37 Å². The molecule has 2 aromatic rings. The van der Waals surface area contributed by atoms with Crippen molar-refractivity contribution in [1.29, 1.82) is 0 Å². The van der Waals surface area contributed by atoms with Gasteiger partial charge in [0.1, 0.15) is 5.82 Å². The lowest BCUT2D eigenvalue weighted by molar-refractivity contribution is -0.118. The molecule has 2 fully saturated rings. The fourth-order valence-electron chi connectivity index (χ4n) is 3.57. The highest BCUT2D eigenvalue weighted by atomic mass is 32.1. The van der Waals surface area contributed by atoms with E-state index in [0.29, 0.717) is 5.13 Å². The van der Waals surface area contributed by atoms with E-state index in [4.69, 9.17) is 4.74 Å². The maximum absolute atomic E-state index is 13.1. The lowest BCUT2D eigenvalue weighted by atomic mass is 9.94. The van der Waals surface area contributed by atoms with Crippen LogP contribution in [0.2, 0.25) is 0 Å². The molecule has 4 rings (SSSR count). The Morgan fingerprint density at radius 2 is 2.04 bits per heavy atom. The third-order valence-corrected chi connectivity index (χ3v) is 6.03. The first-order valence-corrected chi connectivity index (χ1v) is 9.01. The molecule has 0 unspecified atom stereocenters. The van der Waals surface area contributed by atoms with Crippen LogP contribution in [0.1, 0.15) is 24.1 Å². The topological polar surface area (TPSA) is 51.2 Å². The van der Waals surface area contributed by atoms with Crippen molar-refractivity contribution in [2.75, 3.05) is 18.5 Å². The van der Waals surface area contributed by atoms with E-state index < -0.39 is 0 Å². The van der Waals surface area contributed by atoms with Crippen molar-refractivity contribution in [1.82, 2.24) is 4.98 Å². The predicted molar refractivity (Wildman–Crippen MR) is 91.5 cm³/mol. The zero-order valence-corrected chi connectivity index (χ0v) is 14.3. The van der Waals surface area contributed by atoms with Crippen molar-refractivity contribution in [3.63, 3.8) is 0 Å². The molecule has 1 aromatic heterocycles. The minimum Gasteiger partial charge on any atom is -0.381 e. The van der Waals surface area contributed by atoms with E-state index in [0.717, 1.165) is 48.6 Å². The molecule has 0 radical (unpaired) electrons. The van der Waals surface area contributed by atoms with Gasteiger partial charge >= 0.3 is 0 Å². The van der Waals surface area contributed by atoms with Gasteiger partial charge in [0.2, 0.25) is 5.91 Å². The predicted octanol–water partition coefficient (Wildman–Crippen LogP) is 4.01. The Bertz CT molecular complexity index is 766. The highest BCUT2D eigenvalue weighted by Crippen LogP contribution is 2.59. The number of thiazole rings is 1. The van der Waals surface area contributed by atoms with Crippen LogP contribution in [0.5, 0.6) is 0 Å². The van der Waals surface area contributed by atoms with Crippen LogP contribution >= 0.6 is 11.3 Å². The number of aryl methyl sites for hydroxylation is 1. The highest BCUT2D eigenvalue weighted by Gasteiger charge is 2.58. The van der Waals surface area contributed by atoms with E-state index in [-0.39, 0.29) is 23.1 Å². The number of halogens is 1. The summed E-state index contributed by atoms with van der Waals surface area (Å²) < 4.78 is 18.5. The van der Waals surface area contributed by atoms with E-state index in [2.05, 4.69) is 10.3 Å². The Balaban J connectivity index is 1.47. The minimum atomic E-state index is -0.268. The summed E-state index contributed by atoms with van der Waals surface area (Å²) in [6.45, 7) is 3.48. The standard InChI is InChI=1S/C18H19FN2O2S/c1-11-15(12-2-4-13(19)5-3-12)20-17(24-11)21-16(22)14-10-18(14)6-8-23-9-7-18/h2-5,14H,6-10H2,1H3,(H,20,21,22)/t14-/m0/s1. The molecule has 1 amide bonds. The second kappa shape index (κ2) is 5.93. The number of ether oxygens (including phenoxy) is 1. The second-order valence-corrected chi connectivity index (χ2v) is 7.85. The van der Waals surface area contributed by atoms with E-state index in [1.807, 2.05) is 6.92 Å². The molecule has 2 heterocycles. The smallest absolute Gasteiger partial charge is 0.229 e. The van der Waals surface area contributed by atoms with Gasteiger partial charge in [0, 0.05) is 29.6 Å². The average Bonchev–Trinajstić information content (AvgIpc) is 3.14. The Labute approximate surface area is 144 Å². The number of nitrogens with zero attached hydrogens (tertiary/aromatic N) is 1. The van der Waals surface area contributed by atoms with Gasteiger partial charge in [-0.2, -0.15) is 0 Å². The summed E-state index contributed by atoms with van der Waals surface area (Å²) in [7, 11) is 0. The molecule has 0 bridgehead atoms. The summed E-state index contributed by atoms with van der Waals surface area (Å²) in [5, 5.41) is 3.59. The van der Waals surface area contributed by atoms with Gasteiger partial charge in [0.25, 0.3) is 0 Å². The first-order valence-electron chi connectivity index (χ1n) is 8.19. The van der Waals surface area contributed by atoms with E-state index >= 15 is 0 Å². The molecule has 1 atom stereocenters. The fraction of sp³-hybridized carbons (Fsp3) is 0.444. The molecule has 1 saturated carbocycles. The number of carbonyl (C=O) groups excluding carboxylic acids is 1. The molecule has 1 spiro atoms. The number of rotatable bonds is 3. The number of hydrogen-bond acceptors (Lipinski definition) is 4. The summed E-state index contributed by atoms with van der Waals surface area (Å²) in [5.74, 6) is -0.119. The monoisotopic (exact) mass is 346 g/mol. The molecular formula is C18H19FN2O2S. The molecule has 4 nitrogen and oxygen atoms in total. The zero-order valence-electron chi connectivity index (χ0n) is 13.5. The Morgan fingerprint density at radius 1 is 1.33 bits per heavy atom. The number of nitrogens with one attached hydrogen (secondary N) is 1. The van der Waals surface area contributed by atoms with Crippen molar-refractivity contribution in [2.45, 2.75) is 26.2 Å². The largest absolute Gasteiger partial charge is 0.381 e. The average molecular weight is 346 g/mol. The quantitative estimate of drug-likeness (QED) is 0.913. The molecule has 24 heavy (non-hydrogen) atoms. The molecule has 1 N–H and O–H groups in total. The Hall–Kier alpha value is -1.79. The summed E-state index contributed by atoms with van der Waals surface area (Å²) in [4.78, 5) is 18.1. The van der Waals surface area contributed by atoms with E-state index in [1.54, 1.807) is 12.1 Å². The first-order chi connectivity index (χ1) is 11.6. The highest BCUT2D eigenvalue weighted by molar-refractivity contribution is 7.16. The molecule has 126 valence electrons. The van der Waals surface area contributed by atoms with Crippen molar-refractivity contribution in [3.05, 3.63) is 35.0 Å². The molecule has 1 aliphatic carbocycles. The minimum absolute atomic E-state index is 0.0660. The van der Waals surface area contributed by atoms with Crippen LogP contribution in [0, 0.1) is 24.1 Å². The number of benzene rings is 1. The van der Waals surface area contributed by atoms with Gasteiger partial charge < -0.3 is 10.1 Å². The second-order valence-electron chi connectivity index (χ2n) is 6.65. The van der Waals surface area contributed by atoms with Gasteiger partial charge in [0.15, 0.2) is 5.13 Å². The van der Waals surface area contributed by atoms with Crippen LogP contribution in [0.25, 0.3) is 11.3 Å². The van der Waals surface area contributed by atoms with Crippen LogP contribution in [0.4, 0.5) is 9.52 Å². The van der Waals surface area contributed by atoms with Gasteiger partial charge in [-0.15, -0.1) is 11.3 Å². The van der Waals surface area contributed by atoms with Crippen LogP contribution in [0.3, 0.4) is 0 Å². The van der Waals surface area contributed by atoms with Gasteiger partial charge in [-0.05, 0) is 55.9 Å². The normalized spacial score (nSPS) is 21.7. The Kier molecular flexibility index (Phi) is 3.89. The van der Waals surface area contributed by atoms with Crippen LogP contribution in [-0.4, -0.2) is 24.1 Å². The van der Waals surface area contributed by atoms with E-state index in [1.165, 1.54) is 23.5 Å². The van der Waals surface area contributed by atoms with Gasteiger partial charge in [-0.1, -0.05) is 0 Å². The molecular weight excluding hydrogens is 327 g/mol. The van der Waals surface area contributed by atoms with E-state index in [9.17, 15) is 9.18 Å². The first kappa shape index (κ1) is 15.7. The third kappa shape index (κ3) is 2.84. The summed E-state index contributed by atoms with van der Waals surface area (Å²) >= 11 is 1.46. The Morgan fingerprint density at radius 3 is 2.75 bits per heavy atom. The molecule has 6 heteroatoms. The number of amides is 1. The fourth-order valence-corrected chi connectivity index (χ4v) is 4.41. The van der Waals surface area contributed by atoms with Crippen LogP contribution < -0.4 is 5.32 Å². The SMILES string of the molecule is Cc1sc(NC(=O)[C@@H]2CC23CCOCC3)nc1-c1ccc(F)cc1. The van der Waals surface area contributed by atoms with Crippen molar-refractivity contribution in [2.24, 2.45) is 11.3 Å². The lowest BCUT2D eigenvalue weighted by Gasteiger charge is -2.22. The van der Waals surface area contributed by atoms with Gasteiger partial charge in [0.05, 0.1) is 5.69 Å². The molecule has 1 saturated heterocycles. The zero-order chi connectivity index (χ0) is 16.7. The molecule has 2 aliphatic rings. The van der Waals surface area contributed by atoms with Crippen molar-refractivity contribution < 1.29 is 13.9 Å². The summed E-state index contributed by atoms with van der Waals surface area (Å²) in [6, 6.07) is 6.26. The van der Waals surface area contributed by atoms with Crippen LogP contribution in [-0.2, 0) is 9.53 Å². The third-order valence-electron chi connectivity index (χ3n) is 5.14. The molecule has 1 aromatic carbocycles. The number of hydrogen-bond donors (Lipinski definition) is 1. The van der Waals surface area contributed by atoms with Crippen LogP contribution in [0.15, 0.2) is 24.3 Å². The summed E-state index contributed by atoms with van der Waals surface area (Å²) in [6.07, 6.45) is 2.91. The summed E-state index contributed by atoms with van der Waals surface area (Å²) in [5.41, 5.74) is 1.82. The number of aromatic nitrogens is 1. The van der Waals surface area contributed by atoms with Crippen molar-refractivity contribution in [3.8, 4) is 11.3 Å². The number of anilines is 1.